The fraction of sp³-hybridized carbons (Fsp3) is 0.737. The van der Waals surface area contributed by atoms with Crippen molar-refractivity contribution < 1.29 is 19.1 Å². The number of thiazole rings is 1. The molecular weight excluding hydrogens is 352 g/mol. The van der Waals surface area contributed by atoms with Crippen molar-refractivity contribution in [2.24, 2.45) is 5.92 Å². The van der Waals surface area contributed by atoms with Crippen LogP contribution in [-0.2, 0) is 20.8 Å². The summed E-state index contributed by atoms with van der Waals surface area (Å²) < 4.78 is 10.1. The maximum atomic E-state index is 13.0. The zero-order valence-electron chi connectivity index (χ0n) is 16.5. The highest BCUT2D eigenvalue weighted by Crippen LogP contribution is 2.20. The van der Waals surface area contributed by atoms with Gasteiger partial charge >= 0.3 is 5.97 Å². The second-order valence-electron chi connectivity index (χ2n) is 6.18. The third-order valence-electron chi connectivity index (χ3n) is 4.25. The van der Waals surface area contributed by atoms with Crippen molar-refractivity contribution in [3.05, 3.63) is 16.1 Å². The zero-order chi connectivity index (χ0) is 19.4. The minimum atomic E-state index is -0.448. The highest BCUT2D eigenvalue weighted by atomic mass is 32.1. The number of hydrogen-bond acceptors (Lipinski definition) is 6. The fourth-order valence-electron chi connectivity index (χ4n) is 2.73. The molecule has 148 valence electrons. The Morgan fingerprint density at radius 1 is 1.27 bits per heavy atom. The second-order valence-corrected chi connectivity index (χ2v) is 7.12. The molecule has 0 aliphatic carbocycles. The molecule has 0 radical (unpaired) electrons. The highest BCUT2D eigenvalue weighted by Gasteiger charge is 2.24. The number of unbranched alkanes of at least 4 members (excludes halogenated alkanes) is 1. The van der Waals surface area contributed by atoms with E-state index in [2.05, 4.69) is 18.8 Å². The lowest BCUT2D eigenvalue weighted by Crippen LogP contribution is -2.36. The molecule has 0 saturated heterocycles. The fourth-order valence-corrected chi connectivity index (χ4v) is 3.50. The molecule has 0 spiro atoms. The minimum Gasteiger partial charge on any atom is -0.464 e. The lowest BCUT2D eigenvalue weighted by molar-refractivity contribution is -0.136. The van der Waals surface area contributed by atoms with Crippen LogP contribution in [0.5, 0.6) is 0 Å². The Labute approximate surface area is 160 Å². The standard InChI is InChI=1S/C19H32N2O4S/c1-5-8-10-15(6-2)18(22)21(11-9-12-25-7-3)13-17-20-16(14-26-17)19(23)24-4/h14-15H,5-13H2,1-4H3/t15-/m1/s1. The molecule has 26 heavy (non-hydrogen) atoms. The maximum absolute atomic E-state index is 13.0. The Morgan fingerprint density at radius 2 is 2.04 bits per heavy atom. The van der Waals surface area contributed by atoms with Crippen molar-refractivity contribution in [2.75, 3.05) is 26.9 Å². The quantitative estimate of drug-likeness (QED) is 0.381. The van der Waals surface area contributed by atoms with E-state index in [0.717, 1.165) is 37.1 Å². The van der Waals surface area contributed by atoms with Crippen LogP contribution in [0.1, 0.15) is 68.4 Å². The van der Waals surface area contributed by atoms with Crippen LogP contribution in [0.2, 0.25) is 0 Å². The van der Waals surface area contributed by atoms with Crippen LogP contribution in [0.25, 0.3) is 0 Å². The molecule has 0 aromatic carbocycles. The van der Waals surface area contributed by atoms with Gasteiger partial charge in [-0.15, -0.1) is 11.3 Å². The summed E-state index contributed by atoms with van der Waals surface area (Å²) in [6.45, 7) is 8.54. The lowest BCUT2D eigenvalue weighted by Gasteiger charge is -2.26. The van der Waals surface area contributed by atoms with Gasteiger partial charge in [0.05, 0.1) is 13.7 Å². The van der Waals surface area contributed by atoms with E-state index in [9.17, 15) is 9.59 Å². The van der Waals surface area contributed by atoms with Gasteiger partial charge in [0.15, 0.2) is 5.69 Å². The van der Waals surface area contributed by atoms with Crippen molar-refractivity contribution in [1.29, 1.82) is 0 Å². The molecule has 1 amide bonds. The first-order chi connectivity index (χ1) is 12.6. The van der Waals surface area contributed by atoms with Crippen molar-refractivity contribution in [1.82, 2.24) is 9.88 Å². The van der Waals surface area contributed by atoms with Gasteiger partial charge in [-0.25, -0.2) is 9.78 Å². The van der Waals surface area contributed by atoms with Crippen molar-refractivity contribution in [2.45, 2.75) is 59.4 Å². The number of esters is 1. The van der Waals surface area contributed by atoms with Crippen LogP contribution in [0.4, 0.5) is 0 Å². The largest absolute Gasteiger partial charge is 0.464 e. The van der Waals surface area contributed by atoms with E-state index in [1.807, 2.05) is 11.8 Å². The van der Waals surface area contributed by atoms with Gasteiger partial charge in [-0.05, 0) is 26.2 Å². The molecule has 0 unspecified atom stereocenters. The molecule has 0 bridgehead atoms. The number of nitrogens with zero attached hydrogens (tertiary/aromatic N) is 2. The number of amides is 1. The maximum Gasteiger partial charge on any atom is 0.357 e. The normalized spacial score (nSPS) is 12.0. The average Bonchev–Trinajstić information content (AvgIpc) is 3.12. The van der Waals surface area contributed by atoms with E-state index >= 15 is 0 Å². The Kier molecular flexibility index (Phi) is 11.1. The summed E-state index contributed by atoms with van der Waals surface area (Å²) in [5.41, 5.74) is 0.298. The van der Waals surface area contributed by atoms with E-state index in [-0.39, 0.29) is 11.8 Å². The zero-order valence-corrected chi connectivity index (χ0v) is 17.3. The molecule has 1 rings (SSSR count). The minimum absolute atomic E-state index is 0.0436. The Balaban J connectivity index is 2.80. The molecule has 0 saturated carbocycles. The summed E-state index contributed by atoms with van der Waals surface area (Å²) in [5, 5.41) is 2.43. The van der Waals surface area contributed by atoms with E-state index in [4.69, 9.17) is 9.47 Å². The van der Waals surface area contributed by atoms with Gasteiger partial charge in [0.2, 0.25) is 5.91 Å². The summed E-state index contributed by atoms with van der Waals surface area (Å²) in [5.74, 6) is -0.231. The van der Waals surface area contributed by atoms with Gasteiger partial charge in [-0.2, -0.15) is 0 Å². The third-order valence-corrected chi connectivity index (χ3v) is 5.09. The summed E-state index contributed by atoms with van der Waals surface area (Å²) in [6, 6.07) is 0. The number of rotatable bonds is 13. The van der Waals surface area contributed by atoms with E-state index in [0.29, 0.717) is 32.0 Å². The number of methoxy groups -OCH3 is 1. The van der Waals surface area contributed by atoms with Crippen LogP contribution in [0.3, 0.4) is 0 Å². The van der Waals surface area contributed by atoms with Crippen molar-refractivity contribution >= 4 is 23.2 Å². The van der Waals surface area contributed by atoms with Crippen molar-refractivity contribution in [3.8, 4) is 0 Å². The smallest absolute Gasteiger partial charge is 0.357 e. The number of carbonyl (C=O) groups excluding carboxylic acids is 2. The number of carbonyl (C=O) groups is 2. The predicted molar refractivity (Wildman–Crippen MR) is 103 cm³/mol. The van der Waals surface area contributed by atoms with Gasteiger partial charge in [0.25, 0.3) is 0 Å². The van der Waals surface area contributed by atoms with Crippen LogP contribution >= 0.6 is 11.3 Å². The topological polar surface area (TPSA) is 68.7 Å². The first-order valence-electron chi connectivity index (χ1n) is 9.46. The summed E-state index contributed by atoms with van der Waals surface area (Å²) >= 11 is 1.38. The summed E-state index contributed by atoms with van der Waals surface area (Å²) in [4.78, 5) is 30.8. The van der Waals surface area contributed by atoms with Crippen LogP contribution in [0, 0.1) is 5.92 Å². The lowest BCUT2D eigenvalue weighted by atomic mass is 9.97. The Bertz CT molecular complexity index is 547. The van der Waals surface area contributed by atoms with Gasteiger partial charge in [0, 0.05) is 31.1 Å². The van der Waals surface area contributed by atoms with E-state index in [1.165, 1.54) is 18.4 Å². The molecule has 1 atom stereocenters. The number of ether oxygens (including phenoxy) is 2. The monoisotopic (exact) mass is 384 g/mol. The molecule has 1 aromatic rings. The van der Waals surface area contributed by atoms with E-state index < -0.39 is 5.97 Å². The van der Waals surface area contributed by atoms with Crippen LogP contribution in [-0.4, -0.2) is 48.6 Å². The molecule has 0 fully saturated rings. The first kappa shape index (κ1) is 22.6. The summed E-state index contributed by atoms with van der Waals surface area (Å²) in [7, 11) is 1.34. The molecule has 0 N–H and O–H groups in total. The Hall–Kier alpha value is -1.47. The molecule has 1 heterocycles. The Morgan fingerprint density at radius 3 is 2.65 bits per heavy atom. The number of hydrogen-bond donors (Lipinski definition) is 0. The van der Waals surface area contributed by atoms with Gasteiger partial charge < -0.3 is 14.4 Å². The molecule has 7 heteroatoms. The van der Waals surface area contributed by atoms with E-state index in [1.54, 1.807) is 5.38 Å². The molecular formula is C19H32N2O4S. The molecule has 1 aromatic heterocycles. The molecule has 0 aliphatic rings. The van der Waals surface area contributed by atoms with Gasteiger partial charge in [-0.3, -0.25) is 4.79 Å². The summed E-state index contributed by atoms with van der Waals surface area (Å²) in [6.07, 6.45) is 4.69. The first-order valence-corrected chi connectivity index (χ1v) is 10.3. The van der Waals surface area contributed by atoms with Crippen LogP contribution in [0.15, 0.2) is 5.38 Å². The third kappa shape index (κ3) is 7.41. The molecule has 0 aliphatic heterocycles. The molecule has 6 nitrogen and oxygen atoms in total. The number of aromatic nitrogens is 1. The van der Waals surface area contributed by atoms with Crippen molar-refractivity contribution in [3.63, 3.8) is 0 Å². The van der Waals surface area contributed by atoms with Gasteiger partial charge in [0.1, 0.15) is 5.01 Å². The predicted octanol–water partition coefficient (Wildman–Crippen LogP) is 3.90. The SMILES string of the molecule is CCCC[C@@H](CC)C(=O)N(CCCOCC)Cc1nc(C(=O)OC)cs1. The highest BCUT2D eigenvalue weighted by molar-refractivity contribution is 7.09. The van der Waals surface area contributed by atoms with Crippen LogP contribution < -0.4 is 0 Å². The second kappa shape index (κ2) is 12.8. The van der Waals surface area contributed by atoms with Gasteiger partial charge in [-0.1, -0.05) is 26.7 Å². The average molecular weight is 385 g/mol.